The van der Waals surface area contributed by atoms with E-state index in [0.29, 0.717) is 0 Å². The zero-order chi connectivity index (χ0) is 13.6. The van der Waals surface area contributed by atoms with Gasteiger partial charge >= 0.3 is 0 Å². The number of hydrogen-bond donors (Lipinski definition) is 1. The molecule has 0 aliphatic heterocycles. The minimum atomic E-state index is -3.70. The maximum absolute atomic E-state index is 11.3. The van der Waals surface area contributed by atoms with Gasteiger partial charge in [0.1, 0.15) is 5.82 Å². The lowest BCUT2D eigenvalue weighted by atomic mass is 10.3. The number of nitrogens with two attached hydrogens (primary N) is 1. The van der Waals surface area contributed by atoms with E-state index in [4.69, 9.17) is 5.14 Å². The van der Waals surface area contributed by atoms with Crippen molar-refractivity contribution >= 4 is 21.8 Å². The quantitative estimate of drug-likeness (QED) is 0.738. The summed E-state index contributed by atoms with van der Waals surface area (Å²) in [5.74, 6) is 2.99. The summed E-state index contributed by atoms with van der Waals surface area (Å²) in [4.78, 5) is 4.11. The Morgan fingerprint density at radius 3 is 2.72 bits per heavy atom. The van der Waals surface area contributed by atoms with Crippen molar-refractivity contribution in [2.45, 2.75) is 44.7 Å². The normalized spacial score (nSPS) is 11.9. The zero-order valence-corrected chi connectivity index (χ0v) is 12.6. The third kappa shape index (κ3) is 4.62. The van der Waals surface area contributed by atoms with Crippen molar-refractivity contribution in [2.75, 3.05) is 11.5 Å². The molecule has 0 aliphatic carbocycles. The molecule has 1 aromatic rings. The van der Waals surface area contributed by atoms with E-state index >= 15 is 0 Å². The molecule has 1 rings (SSSR count). The van der Waals surface area contributed by atoms with Gasteiger partial charge in [0.25, 0.3) is 10.0 Å². The molecular formula is C11H21N3O2S2. The number of rotatable bonds is 8. The van der Waals surface area contributed by atoms with Gasteiger partial charge in [-0.2, -0.15) is 11.8 Å². The van der Waals surface area contributed by atoms with Gasteiger partial charge in [-0.3, -0.25) is 0 Å². The summed E-state index contributed by atoms with van der Waals surface area (Å²) in [6.45, 7) is 4.97. The van der Waals surface area contributed by atoms with Crippen molar-refractivity contribution in [1.82, 2.24) is 9.55 Å². The third-order valence-corrected chi connectivity index (χ3v) is 4.26. The molecule has 7 heteroatoms. The summed E-state index contributed by atoms with van der Waals surface area (Å²) in [5.41, 5.74) is 0. The van der Waals surface area contributed by atoms with Crippen LogP contribution in [0.25, 0.3) is 0 Å². The summed E-state index contributed by atoms with van der Waals surface area (Å²) in [5, 5.41) is 5.08. The Morgan fingerprint density at radius 1 is 1.44 bits per heavy atom. The van der Waals surface area contributed by atoms with E-state index in [2.05, 4.69) is 11.9 Å². The van der Waals surface area contributed by atoms with Gasteiger partial charge in [0, 0.05) is 19.2 Å². The van der Waals surface area contributed by atoms with Crippen LogP contribution in [0.3, 0.4) is 0 Å². The maximum atomic E-state index is 11.3. The molecule has 0 bridgehead atoms. The summed E-state index contributed by atoms with van der Waals surface area (Å²) in [7, 11) is -3.70. The van der Waals surface area contributed by atoms with Crippen molar-refractivity contribution in [1.29, 1.82) is 0 Å². The van der Waals surface area contributed by atoms with Gasteiger partial charge in [0.15, 0.2) is 5.03 Å². The first kappa shape index (κ1) is 15.5. The van der Waals surface area contributed by atoms with Crippen molar-refractivity contribution < 1.29 is 8.42 Å². The van der Waals surface area contributed by atoms with E-state index in [-0.39, 0.29) is 5.03 Å². The van der Waals surface area contributed by atoms with Crippen LogP contribution in [0.15, 0.2) is 11.2 Å². The fourth-order valence-electron chi connectivity index (χ4n) is 1.66. The molecule has 0 aliphatic rings. The van der Waals surface area contributed by atoms with Gasteiger partial charge in [-0.05, 0) is 24.3 Å². The highest BCUT2D eigenvalue weighted by molar-refractivity contribution is 7.99. The second-order valence-corrected chi connectivity index (χ2v) is 6.94. The van der Waals surface area contributed by atoms with Gasteiger partial charge in [0.2, 0.25) is 0 Å². The molecule has 1 aromatic heterocycles. The molecule has 0 saturated carbocycles. The van der Waals surface area contributed by atoms with Crippen molar-refractivity contribution in [3.63, 3.8) is 0 Å². The van der Waals surface area contributed by atoms with Crippen LogP contribution in [0.5, 0.6) is 0 Å². The predicted molar refractivity (Wildman–Crippen MR) is 75.2 cm³/mol. The Kier molecular flexibility index (Phi) is 6.17. The van der Waals surface area contributed by atoms with Gasteiger partial charge in [0.05, 0.1) is 0 Å². The summed E-state index contributed by atoms with van der Waals surface area (Å²) in [6.07, 6.45) is 4.27. The molecule has 0 radical (unpaired) electrons. The minimum absolute atomic E-state index is 0.0194. The number of sulfonamides is 1. The Morgan fingerprint density at radius 2 is 2.17 bits per heavy atom. The van der Waals surface area contributed by atoms with Crippen LogP contribution in [-0.4, -0.2) is 29.5 Å². The van der Waals surface area contributed by atoms with Crippen molar-refractivity contribution in [2.24, 2.45) is 5.14 Å². The van der Waals surface area contributed by atoms with E-state index in [0.717, 1.165) is 43.1 Å². The highest BCUT2D eigenvalue weighted by Crippen LogP contribution is 2.12. The summed E-state index contributed by atoms with van der Waals surface area (Å²) < 4.78 is 24.5. The lowest BCUT2D eigenvalue weighted by molar-refractivity contribution is 0.594. The average Bonchev–Trinajstić information content (AvgIpc) is 2.68. The fourth-order valence-corrected chi connectivity index (χ4v) is 2.79. The highest BCUT2D eigenvalue weighted by atomic mass is 32.2. The Hall–Kier alpha value is -0.530. The Bertz CT molecular complexity index is 469. The van der Waals surface area contributed by atoms with Crippen LogP contribution in [0.1, 0.15) is 32.5 Å². The number of primary sulfonamides is 1. The van der Waals surface area contributed by atoms with Gasteiger partial charge in [-0.25, -0.2) is 18.5 Å². The Labute approximate surface area is 113 Å². The summed E-state index contributed by atoms with van der Waals surface area (Å²) in [6, 6.07) is 0. The first-order chi connectivity index (χ1) is 8.49. The third-order valence-electron chi connectivity index (χ3n) is 2.49. The number of aromatic nitrogens is 2. The number of nitrogens with zero attached hydrogens (tertiary/aromatic N) is 2. The number of imidazole rings is 1. The summed E-state index contributed by atoms with van der Waals surface area (Å²) >= 11 is 1.88. The van der Waals surface area contributed by atoms with E-state index in [1.165, 1.54) is 0 Å². The fraction of sp³-hybridized carbons (Fsp3) is 0.727. The molecule has 0 aromatic carbocycles. The molecule has 5 nitrogen and oxygen atoms in total. The van der Waals surface area contributed by atoms with Gasteiger partial charge in [-0.15, -0.1) is 0 Å². The van der Waals surface area contributed by atoms with Crippen LogP contribution in [0.4, 0.5) is 0 Å². The molecule has 18 heavy (non-hydrogen) atoms. The topological polar surface area (TPSA) is 78.0 Å². The largest absolute Gasteiger partial charge is 0.333 e. The van der Waals surface area contributed by atoms with Crippen molar-refractivity contribution in [3.8, 4) is 0 Å². The van der Waals surface area contributed by atoms with Crippen LogP contribution < -0.4 is 5.14 Å². The van der Waals surface area contributed by atoms with Crippen molar-refractivity contribution in [3.05, 3.63) is 12.0 Å². The van der Waals surface area contributed by atoms with E-state index in [1.807, 2.05) is 23.3 Å². The SMILES string of the molecule is CCCc1nc(S(N)(=O)=O)cn1CCCSCC. The molecule has 0 atom stereocenters. The van der Waals surface area contributed by atoms with Gasteiger partial charge < -0.3 is 4.57 Å². The van der Waals surface area contributed by atoms with E-state index in [9.17, 15) is 8.42 Å². The molecular weight excluding hydrogens is 270 g/mol. The highest BCUT2D eigenvalue weighted by Gasteiger charge is 2.15. The zero-order valence-electron chi connectivity index (χ0n) is 10.9. The molecule has 0 spiro atoms. The lowest BCUT2D eigenvalue weighted by Gasteiger charge is -2.06. The van der Waals surface area contributed by atoms with Crippen LogP contribution in [0.2, 0.25) is 0 Å². The molecule has 0 unspecified atom stereocenters. The van der Waals surface area contributed by atoms with Crippen LogP contribution in [0, 0.1) is 0 Å². The molecule has 0 amide bonds. The molecule has 1 heterocycles. The molecule has 0 saturated heterocycles. The number of aryl methyl sites for hydroxylation is 2. The standard InChI is InChI=1S/C11H21N3O2S2/c1-3-6-10-13-11(18(12,15)16)9-14(10)7-5-8-17-4-2/h9H,3-8H2,1-2H3,(H2,12,15,16). The van der Waals surface area contributed by atoms with Crippen LogP contribution >= 0.6 is 11.8 Å². The van der Waals surface area contributed by atoms with Crippen LogP contribution in [-0.2, 0) is 23.0 Å². The molecule has 0 fully saturated rings. The monoisotopic (exact) mass is 291 g/mol. The smallest absolute Gasteiger partial charge is 0.257 e. The Balaban J connectivity index is 2.78. The van der Waals surface area contributed by atoms with E-state index < -0.39 is 10.0 Å². The first-order valence-electron chi connectivity index (χ1n) is 6.15. The van der Waals surface area contributed by atoms with Gasteiger partial charge in [-0.1, -0.05) is 13.8 Å². The second-order valence-electron chi connectivity index (χ2n) is 4.03. The molecule has 2 N–H and O–H groups in total. The predicted octanol–water partition coefficient (Wildman–Crippen LogP) is 1.63. The maximum Gasteiger partial charge on any atom is 0.257 e. The average molecular weight is 291 g/mol. The lowest BCUT2D eigenvalue weighted by Crippen LogP contribution is -2.12. The number of hydrogen-bond acceptors (Lipinski definition) is 4. The van der Waals surface area contributed by atoms with E-state index in [1.54, 1.807) is 6.20 Å². The molecule has 104 valence electrons. The second kappa shape index (κ2) is 7.16. The number of thioether (sulfide) groups is 1. The minimum Gasteiger partial charge on any atom is -0.333 e. The first-order valence-corrected chi connectivity index (χ1v) is 8.85.